The first-order valence-corrected chi connectivity index (χ1v) is 8.69. The molecule has 0 atom stereocenters. The molecule has 0 aliphatic rings. The molecule has 7 nitrogen and oxygen atoms in total. The van der Waals surface area contributed by atoms with Gasteiger partial charge in [-0.15, -0.1) is 0 Å². The van der Waals surface area contributed by atoms with Crippen LogP contribution in [0.15, 0.2) is 47.3 Å². The number of hydrogen-bond acceptors (Lipinski definition) is 4. The molecule has 1 aromatic carbocycles. The van der Waals surface area contributed by atoms with Crippen LogP contribution in [0.5, 0.6) is 0 Å². The maximum absolute atomic E-state index is 12.3. The second-order valence-corrected chi connectivity index (χ2v) is 6.12. The molecule has 0 aliphatic heterocycles. The molecule has 3 rings (SSSR count). The summed E-state index contributed by atoms with van der Waals surface area (Å²) in [6.45, 7) is 5.49. The van der Waals surface area contributed by atoms with E-state index in [1.807, 2.05) is 37.3 Å². The van der Waals surface area contributed by atoms with Crippen LogP contribution in [0.3, 0.4) is 0 Å². The molecule has 2 N–H and O–H groups in total. The van der Waals surface area contributed by atoms with Crippen LogP contribution in [0.1, 0.15) is 29.4 Å². The summed E-state index contributed by atoms with van der Waals surface area (Å²) in [5.74, 6) is 0.399. The fraction of sp³-hybridized carbons (Fsp3) is 0.200. The Hall–Kier alpha value is -3.48. The third kappa shape index (κ3) is 4.20. The molecule has 0 spiro atoms. The standard InChI is InChI=1S/C20H21N5O2/c1-4-16-14(3)21-20(23-19(16)27)25-17(12-13(2)24-25)22-18(26)11-10-15-8-6-5-7-9-15/h5-12H,4H2,1-3H3,(H,22,26)(H,21,23,27). The second-order valence-electron chi connectivity index (χ2n) is 6.12. The van der Waals surface area contributed by atoms with Crippen LogP contribution >= 0.6 is 0 Å². The molecule has 0 aliphatic carbocycles. The SMILES string of the molecule is CCc1c(C)nc(-n2nc(C)cc2NC(=O)C=Cc2ccccc2)[nH]c1=O. The zero-order chi connectivity index (χ0) is 19.4. The topological polar surface area (TPSA) is 92.7 Å². The van der Waals surface area contributed by atoms with Crippen molar-refractivity contribution in [2.24, 2.45) is 0 Å². The minimum absolute atomic E-state index is 0.200. The van der Waals surface area contributed by atoms with Gasteiger partial charge in [-0.05, 0) is 31.9 Å². The van der Waals surface area contributed by atoms with E-state index in [0.717, 1.165) is 5.56 Å². The van der Waals surface area contributed by atoms with E-state index in [9.17, 15) is 9.59 Å². The number of nitrogens with zero attached hydrogens (tertiary/aromatic N) is 3. The van der Waals surface area contributed by atoms with Gasteiger partial charge in [0.25, 0.3) is 5.56 Å². The summed E-state index contributed by atoms with van der Waals surface area (Å²) in [6.07, 6.45) is 3.77. The third-order valence-corrected chi connectivity index (χ3v) is 4.07. The van der Waals surface area contributed by atoms with Crippen LogP contribution < -0.4 is 10.9 Å². The monoisotopic (exact) mass is 363 g/mol. The number of hydrogen-bond donors (Lipinski definition) is 2. The maximum atomic E-state index is 12.3. The van der Waals surface area contributed by atoms with E-state index >= 15 is 0 Å². The molecule has 7 heteroatoms. The largest absolute Gasteiger partial charge is 0.307 e. The number of aromatic amines is 1. The summed E-state index contributed by atoms with van der Waals surface area (Å²) in [4.78, 5) is 31.7. The Balaban J connectivity index is 1.87. The number of anilines is 1. The van der Waals surface area contributed by atoms with Crippen molar-refractivity contribution in [1.29, 1.82) is 0 Å². The summed E-state index contributed by atoms with van der Waals surface area (Å²) < 4.78 is 1.43. The number of carbonyl (C=O) groups is 1. The molecule has 0 saturated heterocycles. The van der Waals surface area contributed by atoms with Gasteiger partial charge in [-0.2, -0.15) is 9.78 Å². The van der Waals surface area contributed by atoms with Gasteiger partial charge in [0.05, 0.1) is 5.69 Å². The van der Waals surface area contributed by atoms with E-state index in [1.54, 1.807) is 26.0 Å². The first-order valence-electron chi connectivity index (χ1n) is 8.69. The summed E-state index contributed by atoms with van der Waals surface area (Å²) in [5.41, 5.74) is 2.70. The predicted octanol–water partition coefficient (Wildman–Crippen LogP) is 2.79. The van der Waals surface area contributed by atoms with Crippen LogP contribution in [0.4, 0.5) is 5.82 Å². The fourth-order valence-electron chi connectivity index (χ4n) is 2.77. The third-order valence-electron chi connectivity index (χ3n) is 4.07. The van der Waals surface area contributed by atoms with E-state index < -0.39 is 0 Å². The molecular formula is C20H21N5O2. The van der Waals surface area contributed by atoms with Crippen molar-refractivity contribution in [3.8, 4) is 5.95 Å². The van der Waals surface area contributed by atoms with Gasteiger partial charge in [0.15, 0.2) is 0 Å². The molecule has 2 aromatic heterocycles. The quantitative estimate of drug-likeness (QED) is 0.682. The number of aromatic nitrogens is 4. The zero-order valence-electron chi connectivity index (χ0n) is 15.5. The van der Waals surface area contributed by atoms with Crippen molar-refractivity contribution in [3.63, 3.8) is 0 Å². The number of H-pyrrole nitrogens is 1. The van der Waals surface area contributed by atoms with Crippen molar-refractivity contribution in [1.82, 2.24) is 19.7 Å². The number of benzene rings is 1. The lowest BCUT2D eigenvalue weighted by Crippen LogP contribution is -2.21. The van der Waals surface area contributed by atoms with E-state index in [1.165, 1.54) is 10.8 Å². The van der Waals surface area contributed by atoms with Gasteiger partial charge in [0, 0.05) is 23.4 Å². The molecular weight excluding hydrogens is 342 g/mol. The van der Waals surface area contributed by atoms with E-state index in [-0.39, 0.29) is 17.4 Å². The lowest BCUT2D eigenvalue weighted by atomic mass is 10.2. The van der Waals surface area contributed by atoms with Crippen molar-refractivity contribution in [2.75, 3.05) is 5.32 Å². The van der Waals surface area contributed by atoms with Crippen molar-refractivity contribution in [3.05, 3.63) is 75.3 Å². The molecule has 0 saturated carbocycles. The zero-order valence-corrected chi connectivity index (χ0v) is 15.5. The Morgan fingerprint density at radius 2 is 2.00 bits per heavy atom. The Morgan fingerprint density at radius 3 is 2.67 bits per heavy atom. The highest BCUT2D eigenvalue weighted by atomic mass is 16.1. The van der Waals surface area contributed by atoms with Gasteiger partial charge in [-0.1, -0.05) is 37.3 Å². The van der Waals surface area contributed by atoms with Crippen LogP contribution in [-0.4, -0.2) is 25.7 Å². The Morgan fingerprint density at radius 1 is 1.26 bits per heavy atom. The van der Waals surface area contributed by atoms with Crippen LogP contribution in [0.2, 0.25) is 0 Å². The highest BCUT2D eigenvalue weighted by Gasteiger charge is 2.14. The molecule has 0 fully saturated rings. The highest BCUT2D eigenvalue weighted by molar-refractivity contribution is 6.01. The van der Waals surface area contributed by atoms with Gasteiger partial charge in [0.2, 0.25) is 11.9 Å². The molecule has 0 radical (unpaired) electrons. The smallest absolute Gasteiger partial charge is 0.255 e. The first-order chi connectivity index (χ1) is 13.0. The van der Waals surface area contributed by atoms with Gasteiger partial charge in [-0.25, -0.2) is 4.98 Å². The molecule has 1 amide bonds. The average molecular weight is 363 g/mol. The number of nitrogens with one attached hydrogen (secondary N) is 2. The summed E-state index contributed by atoms with van der Waals surface area (Å²) in [6, 6.07) is 11.3. The van der Waals surface area contributed by atoms with Crippen molar-refractivity contribution < 1.29 is 4.79 Å². The summed E-state index contributed by atoms with van der Waals surface area (Å²) in [5, 5.41) is 7.12. The summed E-state index contributed by atoms with van der Waals surface area (Å²) in [7, 11) is 0. The van der Waals surface area contributed by atoms with Crippen molar-refractivity contribution in [2.45, 2.75) is 27.2 Å². The van der Waals surface area contributed by atoms with Crippen molar-refractivity contribution >= 4 is 17.8 Å². The molecule has 138 valence electrons. The summed E-state index contributed by atoms with van der Waals surface area (Å²) >= 11 is 0. The number of rotatable bonds is 5. The average Bonchev–Trinajstić information content (AvgIpc) is 3.01. The Bertz CT molecular complexity index is 1050. The Kier molecular flexibility index (Phi) is 5.30. The Labute approximate surface area is 156 Å². The van der Waals surface area contributed by atoms with Gasteiger partial charge in [0.1, 0.15) is 5.82 Å². The lowest BCUT2D eigenvalue weighted by Gasteiger charge is -2.09. The van der Waals surface area contributed by atoms with E-state index in [4.69, 9.17) is 0 Å². The second kappa shape index (κ2) is 7.82. The highest BCUT2D eigenvalue weighted by Crippen LogP contribution is 2.15. The minimum atomic E-state index is -0.302. The molecule has 3 aromatic rings. The molecule has 27 heavy (non-hydrogen) atoms. The minimum Gasteiger partial charge on any atom is -0.307 e. The van der Waals surface area contributed by atoms with Crippen LogP contribution in [0, 0.1) is 13.8 Å². The predicted molar refractivity (Wildman–Crippen MR) is 105 cm³/mol. The van der Waals surface area contributed by atoms with Gasteiger partial charge < -0.3 is 5.32 Å². The first kappa shape index (κ1) is 18.3. The number of amides is 1. The van der Waals surface area contributed by atoms with Gasteiger partial charge >= 0.3 is 0 Å². The van der Waals surface area contributed by atoms with Crippen LogP contribution in [-0.2, 0) is 11.2 Å². The van der Waals surface area contributed by atoms with E-state index in [2.05, 4.69) is 20.4 Å². The lowest BCUT2D eigenvalue weighted by molar-refractivity contribution is -0.111. The fourth-order valence-corrected chi connectivity index (χ4v) is 2.77. The molecule has 0 unspecified atom stereocenters. The number of aryl methyl sites for hydroxylation is 2. The van der Waals surface area contributed by atoms with Crippen LogP contribution in [0.25, 0.3) is 12.0 Å². The molecule has 2 heterocycles. The maximum Gasteiger partial charge on any atom is 0.255 e. The van der Waals surface area contributed by atoms with Gasteiger partial charge in [-0.3, -0.25) is 14.6 Å². The van der Waals surface area contributed by atoms with E-state index in [0.29, 0.717) is 29.2 Å². The number of carbonyl (C=O) groups excluding carboxylic acids is 1. The normalized spacial score (nSPS) is 11.1. The molecule has 0 bridgehead atoms.